The molecule has 0 aromatic carbocycles. The third-order valence-electron chi connectivity index (χ3n) is 3.54. The third-order valence-corrected chi connectivity index (χ3v) is 3.54. The van der Waals surface area contributed by atoms with Crippen molar-refractivity contribution in [3.8, 4) is 0 Å². The van der Waals surface area contributed by atoms with Crippen molar-refractivity contribution in [1.82, 2.24) is 20.0 Å². The summed E-state index contributed by atoms with van der Waals surface area (Å²) in [5, 5.41) is 18.0. The Hall–Kier alpha value is -0.910. The van der Waals surface area contributed by atoms with Crippen LogP contribution in [0.4, 0.5) is 0 Å². The van der Waals surface area contributed by atoms with E-state index in [0.717, 1.165) is 39.0 Å². The minimum atomic E-state index is -0.576. The van der Waals surface area contributed by atoms with Gasteiger partial charge in [-0.15, -0.1) is 0 Å². The van der Waals surface area contributed by atoms with Crippen LogP contribution in [0.3, 0.4) is 0 Å². The Morgan fingerprint density at radius 3 is 3.06 bits per heavy atom. The zero-order valence-electron chi connectivity index (χ0n) is 11.4. The Bertz CT molecular complexity index is 379. The molecule has 1 aliphatic rings. The van der Waals surface area contributed by atoms with E-state index in [1.54, 1.807) is 0 Å². The van der Waals surface area contributed by atoms with Crippen LogP contribution >= 0.6 is 0 Å². The average Bonchev–Trinajstić information content (AvgIpc) is 2.76. The molecule has 18 heavy (non-hydrogen) atoms. The minimum Gasteiger partial charge on any atom is -0.387 e. The van der Waals surface area contributed by atoms with Crippen molar-refractivity contribution < 1.29 is 5.11 Å². The molecular formula is C13H24N4O. The van der Waals surface area contributed by atoms with Crippen LogP contribution in [-0.2, 0) is 13.1 Å². The third kappa shape index (κ3) is 3.54. The molecule has 1 aromatic rings. The smallest absolute Gasteiger partial charge is 0.0898 e. The van der Waals surface area contributed by atoms with Gasteiger partial charge in [0.15, 0.2) is 0 Å². The molecule has 102 valence electrons. The topological polar surface area (TPSA) is 53.3 Å². The number of likely N-dealkylation sites (N-methyl/N-ethyl adjacent to an activating group) is 1. The first-order chi connectivity index (χ1) is 8.61. The van der Waals surface area contributed by atoms with Gasteiger partial charge in [-0.3, -0.25) is 4.68 Å². The van der Waals surface area contributed by atoms with Crippen LogP contribution < -0.4 is 5.32 Å². The van der Waals surface area contributed by atoms with Gasteiger partial charge in [-0.2, -0.15) is 5.10 Å². The Morgan fingerprint density at radius 2 is 2.39 bits per heavy atom. The quantitative estimate of drug-likeness (QED) is 0.799. The monoisotopic (exact) mass is 252 g/mol. The molecule has 0 unspecified atom stereocenters. The van der Waals surface area contributed by atoms with Gasteiger partial charge in [0.1, 0.15) is 0 Å². The molecule has 0 amide bonds. The van der Waals surface area contributed by atoms with Crippen LogP contribution in [0.1, 0.15) is 25.3 Å². The van der Waals surface area contributed by atoms with Crippen molar-refractivity contribution in [2.24, 2.45) is 0 Å². The van der Waals surface area contributed by atoms with Gasteiger partial charge in [0, 0.05) is 37.9 Å². The van der Waals surface area contributed by atoms with Crippen molar-refractivity contribution in [2.45, 2.75) is 38.5 Å². The van der Waals surface area contributed by atoms with E-state index in [-0.39, 0.29) is 0 Å². The molecule has 2 heterocycles. The fraction of sp³-hybridized carbons (Fsp3) is 0.769. The number of aryl methyl sites for hydroxylation is 1. The van der Waals surface area contributed by atoms with Crippen molar-refractivity contribution in [3.05, 3.63) is 18.0 Å². The molecule has 0 saturated carbocycles. The standard InChI is InChI=1S/C13H24N4O/c1-3-17-9-12(8-15-17)7-14-10-13(18)5-4-6-16(2)11-13/h8-9,14,18H,3-7,10-11H2,1-2H3/t13-/m1/s1. The number of likely N-dealkylation sites (tertiary alicyclic amines) is 1. The zero-order chi connectivity index (χ0) is 13.0. The Morgan fingerprint density at radius 1 is 1.56 bits per heavy atom. The highest BCUT2D eigenvalue weighted by molar-refractivity contribution is 5.03. The predicted octanol–water partition coefficient (Wildman–Crippen LogP) is 0.449. The molecule has 0 bridgehead atoms. The van der Waals surface area contributed by atoms with Crippen molar-refractivity contribution in [1.29, 1.82) is 0 Å². The maximum absolute atomic E-state index is 10.4. The Balaban J connectivity index is 1.77. The molecule has 0 aliphatic carbocycles. The molecule has 1 saturated heterocycles. The summed E-state index contributed by atoms with van der Waals surface area (Å²) in [7, 11) is 2.06. The first-order valence-corrected chi connectivity index (χ1v) is 6.74. The SMILES string of the molecule is CCn1cc(CNC[C@]2(O)CCCN(C)C2)cn1. The first kappa shape index (κ1) is 13.5. The number of hydrogen-bond acceptors (Lipinski definition) is 4. The number of rotatable bonds is 5. The van der Waals surface area contributed by atoms with Gasteiger partial charge in [0.2, 0.25) is 0 Å². The lowest BCUT2D eigenvalue weighted by atomic mass is 9.93. The van der Waals surface area contributed by atoms with Crippen LogP contribution in [0, 0.1) is 0 Å². The second-order valence-corrected chi connectivity index (χ2v) is 5.37. The molecular weight excluding hydrogens is 228 g/mol. The van der Waals surface area contributed by atoms with E-state index < -0.39 is 5.60 Å². The molecule has 1 fully saturated rings. The van der Waals surface area contributed by atoms with E-state index in [1.165, 1.54) is 5.56 Å². The lowest BCUT2D eigenvalue weighted by Crippen LogP contribution is -2.52. The second kappa shape index (κ2) is 5.82. The summed E-state index contributed by atoms with van der Waals surface area (Å²) in [6, 6.07) is 0. The summed E-state index contributed by atoms with van der Waals surface area (Å²) in [5.74, 6) is 0. The fourth-order valence-electron chi connectivity index (χ4n) is 2.59. The van der Waals surface area contributed by atoms with E-state index in [4.69, 9.17) is 0 Å². The van der Waals surface area contributed by atoms with E-state index in [2.05, 4.69) is 29.3 Å². The van der Waals surface area contributed by atoms with Crippen molar-refractivity contribution >= 4 is 0 Å². The maximum Gasteiger partial charge on any atom is 0.0898 e. The minimum absolute atomic E-state index is 0.576. The number of aliphatic hydroxyl groups is 1. The number of hydrogen-bond donors (Lipinski definition) is 2. The molecule has 2 rings (SSSR count). The zero-order valence-corrected chi connectivity index (χ0v) is 11.4. The second-order valence-electron chi connectivity index (χ2n) is 5.37. The largest absolute Gasteiger partial charge is 0.387 e. The molecule has 1 atom stereocenters. The molecule has 1 aromatic heterocycles. The van der Waals surface area contributed by atoms with Gasteiger partial charge in [-0.05, 0) is 33.4 Å². The van der Waals surface area contributed by atoms with Crippen LogP contribution in [0.2, 0.25) is 0 Å². The summed E-state index contributed by atoms with van der Waals surface area (Å²) in [6.07, 6.45) is 5.89. The molecule has 1 aliphatic heterocycles. The lowest BCUT2D eigenvalue weighted by Gasteiger charge is -2.37. The molecule has 5 heteroatoms. The van der Waals surface area contributed by atoms with Gasteiger partial charge >= 0.3 is 0 Å². The van der Waals surface area contributed by atoms with Crippen LogP contribution in [-0.4, -0.2) is 52.1 Å². The van der Waals surface area contributed by atoms with Gasteiger partial charge in [0.05, 0.1) is 11.8 Å². The van der Waals surface area contributed by atoms with Gasteiger partial charge in [-0.1, -0.05) is 0 Å². The van der Waals surface area contributed by atoms with Gasteiger partial charge in [-0.25, -0.2) is 0 Å². The summed E-state index contributed by atoms with van der Waals surface area (Å²) in [4.78, 5) is 2.19. The van der Waals surface area contributed by atoms with E-state index in [0.29, 0.717) is 6.54 Å². The summed E-state index contributed by atoms with van der Waals surface area (Å²) < 4.78 is 1.92. The van der Waals surface area contributed by atoms with Crippen molar-refractivity contribution in [2.75, 3.05) is 26.7 Å². The number of piperidine rings is 1. The normalized spacial score (nSPS) is 25.5. The molecule has 0 radical (unpaired) electrons. The Kier molecular flexibility index (Phi) is 4.37. The lowest BCUT2D eigenvalue weighted by molar-refractivity contribution is -0.0218. The van der Waals surface area contributed by atoms with Crippen LogP contribution in [0.15, 0.2) is 12.4 Å². The van der Waals surface area contributed by atoms with Crippen LogP contribution in [0.25, 0.3) is 0 Å². The highest BCUT2D eigenvalue weighted by atomic mass is 16.3. The van der Waals surface area contributed by atoms with Crippen molar-refractivity contribution in [3.63, 3.8) is 0 Å². The molecule has 5 nitrogen and oxygen atoms in total. The number of aromatic nitrogens is 2. The van der Waals surface area contributed by atoms with E-state index in [1.807, 2.05) is 17.1 Å². The number of β-amino-alcohol motifs (C(OH)–C–C–N with tert-alkyl or cyclic N) is 1. The van der Waals surface area contributed by atoms with E-state index in [9.17, 15) is 5.11 Å². The van der Waals surface area contributed by atoms with Crippen LogP contribution in [0.5, 0.6) is 0 Å². The molecule has 2 N–H and O–H groups in total. The highest BCUT2D eigenvalue weighted by Crippen LogP contribution is 2.19. The Labute approximate surface area is 109 Å². The summed E-state index contributed by atoms with van der Waals surface area (Å²) >= 11 is 0. The number of nitrogens with zero attached hydrogens (tertiary/aromatic N) is 3. The molecule has 0 spiro atoms. The first-order valence-electron chi connectivity index (χ1n) is 6.74. The average molecular weight is 252 g/mol. The summed E-state index contributed by atoms with van der Waals surface area (Å²) in [6.45, 7) is 6.24. The van der Waals surface area contributed by atoms with E-state index >= 15 is 0 Å². The van der Waals surface area contributed by atoms with Gasteiger partial charge in [0.25, 0.3) is 0 Å². The van der Waals surface area contributed by atoms with Gasteiger partial charge < -0.3 is 15.3 Å². The maximum atomic E-state index is 10.4. The summed E-state index contributed by atoms with van der Waals surface area (Å²) in [5.41, 5.74) is 0.595. The highest BCUT2D eigenvalue weighted by Gasteiger charge is 2.31. The fourth-order valence-corrected chi connectivity index (χ4v) is 2.59. The number of nitrogens with one attached hydrogen (secondary N) is 1. The predicted molar refractivity (Wildman–Crippen MR) is 71.3 cm³/mol.